The molecule has 0 radical (unpaired) electrons. The van der Waals surface area contributed by atoms with E-state index in [1.165, 1.54) is 19.2 Å². The third-order valence-electron chi connectivity index (χ3n) is 2.43. The van der Waals surface area contributed by atoms with Crippen molar-refractivity contribution in [3.05, 3.63) is 52.0 Å². The first-order valence-corrected chi connectivity index (χ1v) is 5.97. The van der Waals surface area contributed by atoms with Crippen LogP contribution in [0.1, 0.15) is 17.2 Å². The Labute approximate surface area is 112 Å². The standard InChI is InChI=1S/C12H11BrFN3O/c1-18-12-16-5-8(6-17-12)11(15)7-2-9(13)4-10(14)3-7/h2-6,11H,15H2,1H3. The van der Waals surface area contributed by atoms with Gasteiger partial charge in [-0.2, -0.15) is 0 Å². The summed E-state index contributed by atoms with van der Waals surface area (Å²) in [5, 5.41) is 0. The molecule has 4 nitrogen and oxygen atoms in total. The van der Waals surface area contributed by atoms with E-state index in [9.17, 15) is 4.39 Å². The molecule has 0 fully saturated rings. The predicted octanol–water partition coefficient (Wildman–Crippen LogP) is 2.43. The van der Waals surface area contributed by atoms with Gasteiger partial charge in [0.1, 0.15) is 5.82 Å². The van der Waals surface area contributed by atoms with Crippen molar-refractivity contribution < 1.29 is 9.13 Å². The molecule has 6 heteroatoms. The van der Waals surface area contributed by atoms with Crippen molar-refractivity contribution in [3.63, 3.8) is 0 Å². The van der Waals surface area contributed by atoms with Crippen LogP contribution < -0.4 is 10.5 Å². The second kappa shape index (κ2) is 5.41. The van der Waals surface area contributed by atoms with E-state index in [1.807, 2.05) is 0 Å². The number of hydrogen-bond acceptors (Lipinski definition) is 4. The van der Waals surface area contributed by atoms with Crippen molar-refractivity contribution in [2.75, 3.05) is 7.11 Å². The Morgan fingerprint density at radius 3 is 2.44 bits per heavy atom. The van der Waals surface area contributed by atoms with Crippen LogP contribution >= 0.6 is 15.9 Å². The topological polar surface area (TPSA) is 61.0 Å². The van der Waals surface area contributed by atoms with Crippen molar-refractivity contribution >= 4 is 15.9 Å². The highest BCUT2D eigenvalue weighted by Crippen LogP contribution is 2.23. The average molecular weight is 312 g/mol. The number of nitrogens with zero attached hydrogens (tertiary/aromatic N) is 2. The van der Waals surface area contributed by atoms with E-state index < -0.39 is 6.04 Å². The molecular weight excluding hydrogens is 301 g/mol. The van der Waals surface area contributed by atoms with E-state index in [0.29, 0.717) is 15.6 Å². The van der Waals surface area contributed by atoms with Gasteiger partial charge in [0.2, 0.25) is 0 Å². The lowest BCUT2D eigenvalue weighted by atomic mass is 10.0. The molecule has 0 aliphatic heterocycles. The maximum absolute atomic E-state index is 13.3. The van der Waals surface area contributed by atoms with Gasteiger partial charge < -0.3 is 10.5 Å². The van der Waals surface area contributed by atoms with Gasteiger partial charge in [0, 0.05) is 22.4 Å². The van der Waals surface area contributed by atoms with Gasteiger partial charge in [-0.1, -0.05) is 15.9 Å². The predicted molar refractivity (Wildman–Crippen MR) is 68.7 cm³/mol. The molecule has 1 atom stereocenters. The SMILES string of the molecule is COc1ncc(C(N)c2cc(F)cc(Br)c2)cn1. The Morgan fingerprint density at radius 1 is 1.22 bits per heavy atom. The molecular formula is C12H11BrFN3O. The molecule has 18 heavy (non-hydrogen) atoms. The van der Waals surface area contributed by atoms with Crippen LogP contribution in [0.15, 0.2) is 35.1 Å². The van der Waals surface area contributed by atoms with Crippen LogP contribution in [0.4, 0.5) is 4.39 Å². The van der Waals surface area contributed by atoms with Crippen LogP contribution in [0.2, 0.25) is 0 Å². The zero-order chi connectivity index (χ0) is 13.1. The molecule has 0 bridgehead atoms. The summed E-state index contributed by atoms with van der Waals surface area (Å²) in [6.07, 6.45) is 3.13. The summed E-state index contributed by atoms with van der Waals surface area (Å²) in [5.74, 6) is -0.343. The highest BCUT2D eigenvalue weighted by atomic mass is 79.9. The Bertz CT molecular complexity index is 527. The summed E-state index contributed by atoms with van der Waals surface area (Å²) < 4.78 is 18.8. The van der Waals surface area contributed by atoms with Crippen molar-refractivity contribution in [2.45, 2.75) is 6.04 Å². The lowest BCUT2D eigenvalue weighted by Crippen LogP contribution is -2.13. The fraction of sp³-hybridized carbons (Fsp3) is 0.167. The van der Waals surface area contributed by atoms with Crippen molar-refractivity contribution in [1.82, 2.24) is 9.97 Å². The van der Waals surface area contributed by atoms with E-state index in [0.717, 1.165) is 0 Å². The van der Waals surface area contributed by atoms with Gasteiger partial charge in [0.15, 0.2) is 0 Å². The second-order valence-electron chi connectivity index (χ2n) is 3.68. The zero-order valence-corrected chi connectivity index (χ0v) is 11.2. The molecule has 0 saturated heterocycles. The maximum atomic E-state index is 13.3. The van der Waals surface area contributed by atoms with Gasteiger partial charge in [-0.25, -0.2) is 14.4 Å². The molecule has 1 heterocycles. The summed E-state index contributed by atoms with van der Waals surface area (Å²) in [6, 6.07) is 4.31. The van der Waals surface area contributed by atoms with Gasteiger partial charge in [-0.3, -0.25) is 0 Å². The Hall–Kier alpha value is -1.53. The van der Waals surface area contributed by atoms with Crippen LogP contribution in [0.3, 0.4) is 0 Å². The van der Waals surface area contributed by atoms with Crippen LogP contribution in [-0.2, 0) is 0 Å². The first-order chi connectivity index (χ1) is 8.60. The zero-order valence-electron chi connectivity index (χ0n) is 9.60. The lowest BCUT2D eigenvalue weighted by Gasteiger charge is -2.12. The highest BCUT2D eigenvalue weighted by molar-refractivity contribution is 9.10. The first kappa shape index (κ1) is 12.9. The summed E-state index contributed by atoms with van der Waals surface area (Å²) in [6.45, 7) is 0. The van der Waals surface area contributed by atoms with Crippen LogP contribution in [0.5, 0.6) is 6.01 Å². The van der Waals surface area contributed by atoms with Gasteiger partial charge in [-0.15, -0.1) is 0 Å². The minimum atomic E-state index is -0.483. The molecule has 1 unspecified atom stereocenters. The maximum Gasteiger partial charge on any atom is 0.316 e. The molecule has 0 aliphatic carbocycles. The number of halogens is 2. The molecule has 1 aromatic carbocycles. The molecule has 0 amide bonds. The Kier molecular flexibility index (Phi) is 3.88. The molecule has 2 N–H and O–H groups in total. The number of methoxy groups -OCH3 is 1. The monoisotopic (exact) mass is 311 g/mol. The van der Waals surface area contributed by atoms with Gasteiger partial charge in [-0.05, 0) is 23.8 Å². The van der Waals surface area contributed by atoms with Gasteiger partial charge >= 0.3 is 6.01 Å². The molecule has 0 spiro atoms. The minimum absolute atomic E-state index is 0.270. The van der Waals surface area contributed by atoms with Crippen molar-refractivity contribution in [1.29, 1.82) is 0 Å². The molecule has 2 rings (SSSR count). The van der Waals surface area contributed by atoms with E-state index in [1.54, 1.807) is 18.5 Å². The number of benzene rings is 1. The number of ether oxygens (including phenoxy) is 1. The summed E-state index contributed by atoms with van der Waals surface area (Å²) >= 11 is 3.23. The summed E-state index contributed by atoms with van der Waals surface area (Å²) in [4.78, 5) is 7.94. The second-order valence-corrected chi connectivity index (χ2v) is 4.60. The summed E-state index contributed by atoms with van der Waals surface area (Å²) in [7, 11) is 1.48. The quantitative estimate of drug-likeness (QED) is 0.945. The van der Waals surface area contributed by atoms with E-state index in [2.05, 4.69) is 25.9 Å². The normalized spacial score (nSPS) is 12.2. The highest BCUT2D eigenvalue weighted by Gasteiger charge is 2.12. The smallest absolute Gasteiger partial charge is 0.316 e. The molecule has 1 aromatic heterocycles. The molecule has 2 aromatic rings. The number of nitrogens with two attached hydrogens (primary N) is 1. The molecule has 0 aliphatic rings. The number of hydrogen-bond donors (Lipinski definition) is 1. The number of aromatic nitrogens is 2. The van der Waals surface area contributed by atoms with Gasteiger partial charge in [0.05, 0.1) is 13.2 Å². The molecule has 94 valence electrons. The van der Waals surface area contributed by atoms with Crippen LogP contribution in [0, 0.1) is 5.82 Å². The Morgan fingerprint density at radius 2 is 1.89 bits per heavy atom. The third kappa shape index (κ3) is 2.83. The van der Waals surface area contributed by atoms with Crippen molar-refractivity contribution in [3.8, 4) is 6.01 Å². The molecule has 0 saturated carbocycles. The first-order valence-electron chi connectivity index (χ1n) is 5.17. The Balaban J connectivity index is 2.31. The minimum Gasteiger partial charge on any atom is -0.467 e. The lowest BCUT2D eigenvalue weighted by molar-refractivity contribution is 0.379. The van der Waals surface area contributed by atoms with E-state index in [-0.39, 0.29) is 11.8 Å². The van der Waals surface area contributed by atoms with Crippen LogP contribution in [0.25, 0.3) is 0 Å². The van der Waals surface area contributed by atoms with E-state index in [4.69, 9.17) is 10.5 Å². The van der Waals surface area contributed by atoms with Crippen LogP contribution in [-0.4, -0.2) is 17.1 Å². The fourth-order valence-electron chi connectivity index (χ4n) is 1.54. The number of rotatable bonds is 3. The van der Waals surface area contributed by atoms with E-state index >= 15 is 0 Å². The fourth-order valence-corrected chi connectivity index (χ4v) is 2.02. The third-order valence-corrected chi connectivity index (χ3v) is 2.89. The average Bonchev–Trinajstić information content (AvgIpc) is 2.37. The summed E-state index contributed by atoms with van der Waals surface area (Å²) in [5.41, 5.74) is 7.37. The van der Waals surface area contributed by atoms with Crippen molar-refractivity contribution in [2.24, 2.45) is 5.73 Å². The van der Waals surface area contributed by atoms with Gasteiger partial charge in [0.25, 0.3) is 0 Å². The largest absolute Gasteiger partial charge is 0.467 e.